The number of aliphatic hydroxyl groups excluding tert-OH is 1. The summed E-state index contributed by atoms with van der Waals surface area (Å²) in [7, 11) is 1.57. The second-order valence-corrected chi connectivity index (χ2v) is 5.41. The summed E-state index contributed by atoms with van der Waals surface area (Å²) >= 11 is 0. The Balaban J connectivity index is 1.58. The molecule has 2 aromatic carbocycles. The summed E-state index contributed by atoms with van der Waals surface area (Å²) in [5.41, 5.74) is 0.733. The maximum Gasteiger partial charge on any atom is 0.261 e. The molecular formula is C18H17NO5. The van der Waals surface area contributed by atoms with Gasteiger partial charge in [-0.05, 0) is 36.4 Å². The molecule has 0 saturated carbocycles. The van der Waals surface area contributed by atoms with Crippen molar-refractivity contribution in [1.29, 1.82) is 0 Å². The Hall–Kier alpha value is -2.86. The lowest BCUT2D eigenvalue weighted by Gasteiger charge is -2.19. The fourth-order valence-corrected chi connectivity index (χ4v) is 2.53. The van der Waals surface area contributed by atoms with Gasteiger partial charge in [0.05, 0.1) is 24.8 Å². The number of ether oxygens (including phenoxy) is 2. The number of benzene rings is 2. The van der Waals surface area contributed by atoms with Crippen molar-refractivity contribution in [3.05, 3.63) is 59.7 Å². The predicted octanol–water partition coefficient (Wildman–Crippen LogP) is 1.73. The van der Waals surface area contributed by atoms with Crippen LogP contribution in [0.5, 0.6) is 11.5 Å². The molecule has 0 aliphatic carbocycles. The average Bonchev–Trinajstić information content (AvgIpc) is 2.86. The van der Waals surface area contributed by atoms with Crippen LogP contribution in [-0.2, 0) is 0 Å². The van der Waals surface area contributed by atoms with Crippen LogP contribution in [0, 0.1) is 0 Å². The van der Waals surface area contributed by atoms with E-state index >= 15 is 0 Å². The van der Waals surface area contributed by atoms with Gasteiger partial charge in [0.15, 0.2) is 0 Å². The van der Waals surface area contributed by atoms with Gasteiger partial charge in [0.1, 0.15) is 24.2 Å². The van der Waals surface area contributed by atoms with E-state index in [0.717, 1.165) is 4.90 Å². The maximum absolute atomic E-state index is 12.2. The van der Waals surface area contributed by atoms with E-state index in [1.54, 1.807) is 55.6 Å². The van der Waals surface area contributed by atoms with Crippen molar-refractivity contribution in [3.8, 4) is 11.5 Å². The quantitative estimate of drug-likeness (QED) is 0.818. The van der Waals surface area contributed by atoms with Gasteiger partial charge in [0, 0.05) is 0 Å². The first kappa shape index (κ1) is 16.0. The molecule has 1 aliphatic rings. The highest BCUT2D eigenvalue weighted by atomic mass is 16.5. The van der Waals surface area contributed by atoms with Crippen LogP contribution in [0.2, 0.25) is 0 Å². The van der Waals surface area contributed by atoms with Gasteiger partial charge in [0.25, 0.3) is 11.8 Å². The number of methoxy groups -OCH3 is 1. The molecule has 0 aromatic heterocycles. The van der Waals surface area contributed by atoms with Crippen LogP contribution < -0.4 is 9.47 Å². The summed E-state index contributed by atoms with van der Waals surface area (Å²) in [6.07, 6.45) is -0.977. The van der Waals surface area contributed by atoms with E-state index in [0.29, 0.717) is 22.6 Å². The first-order valence-electron chi connectivity index (χ1n) is 7.50. The molecule has 2 amide bonds. The van der Waals surface area contributed by atoms with Gasteiger partial charge >= 0.3 is 0 Å². The van der Waals surface area contributed by atoms with Gasteiger partial charge in [-0.3, -0.25) is 14.5 Å². The summed E-state index contributed by atoms with van der Waals surface area (Å²) < 4.78 is 10.5. The minimum absolute atomic E-state index is 0.0280. The fourth-order valence-electron chi connectivity index (χ4n) is 2.53. The van der Waals surface area contributed by atoms with Crippen molar-refractivity contribution in [2.75, 3.05) is 20.3 Å². The molecule has 0 radical (unpaired) electrons. The van der Waals surface area contributed by atoms with Crippen molar-refractivity contribution in [1.82, 2.24) is 4.90 Å². The van der Waals surface area contributed by atoms with Crippen molar-refractivity contribution in [3.63, 3.8) is 0 Å². The lowest BCUT2D eigenvalue weighted by Crippen LogP contribution is -2.39. The van der Waals surface area contributed by atoms with Gasteiger partial charge in [-0.2, -0.15) is 0 Å². The third-order valence-electron chi connectivity index (χ3n) is 3.77. The molecule has 24 heavy (non-hydrogen) atoms. The molecule has 0 fully saturated rings. The summed E-state index contributed by atoms with van der Waals surface area (Å²) in [6, 6.07) is 13.5. The lowest BCUT2D eigenvalue weighted by molar-refractivity contribution is 0.0456. The van der Waals surface area contributed by atoms with E-state index < -0.39 is 6.10 Å². The van der Waals surface area contributed by atoms with Gasteiger partial charge in [0.2, 0.25) is 0 Å². The SMILES string of the molecule is COc1ccc(OC[C@@H](O)CN2C(=O)c3ccccc3C2=O)cc1. The van der Waals surface area contributed by atoms with Crippen LogP contribution in [0.1, 0.15) is 20.7 Å². The number of hydrogen-bond acceptors (Lipinski definition) is 5. The molecule has 2 aromatic rings. The van der Waals surface area contributed by atoms with Crippen LogP contribution in [0.3, 0.4) is 0 Å². The zero-order valence-corrected chi connectivity index (χ0v) is 13.1. The average molecular weight is 327 g/mol. The monoisotopic (exact) mass is 327 g/mol. The number of amides is 2. The molecule has 6 heteroatoms. The highest BCUT2D eigenvalue weighted by Gasteiger charge is 2.36. The topological polar surface area (TPSA) is 76.1 Å². The second kappa shape index (κ2) is 6.72. The number of aliphatic hydroxyl groups is 1. The molecule has 1 aliphatic heterocycles. The van der Waals surface area contributed by atoms with E-state index in [4.69, 9.17) is 9.47 Å². The predicted molar refractivity (Wildman–Crippen MR) is 86.3 cm³/mol. The molecule has 0 saturated heterocycles. The fraction of sp³-hybridized carbons (Fsp3) is 0.222. The molecule has 0 spiro atoms. The smallest absolute Gasteiger partial charge is 0.261 e. The molecule has 1 atom stereocenters. The first-order chi connectivity index (χ1) is 11.6. The Labute approximate surface area is 139 Å². The van der Waals surface area contributed by atoms with Crippen molar-refractivity contribution in [2.24, 2.45) is 0 Å². The van der Waals surface area contributed by atoms with Crippen molar-refractivity contribution >= 4 is 11.8 Å². The highest BCUT2D eigenvalue weighted by molar-refractivity contribution is 6.21. The number of hydrogen-bond donors (Lipinski definition) is 1. The number of carbonyl (C=O) groups is 2. The van der Waals surface area contributed by atoms with Crippen LogP contribution >= 0.6 is 0 Å². The lowest BCUT2D eigenvalue weighted by atomic mass is 10.1. The Morgan fingerprint density at radius 1 is 0.958 bits per heavy atom. The zero-order chi connectivity index (χ0) is 17.1. The second-order valence-electron chi connectivity index (χ2n) is 5.41. The van der Waals surface area contributed by atoms with Crippen LogP contribution in [0.25, 0.3) is 0 Å². The van der Waals surface area contributed by atoms with E-state index in [1.807, 2.05) is 0 Å². The maximum atomic E-state index is 12.2. The van der Waals surface area contributed by atoms with Crippen LogP contribution in [-0.4, -0.2) is 48.2 Å². The Bertz CT molecular complexity index is 721. The number of fused-ring (bicyclic) bond motifs is 1. The molecule has 0 unspecified atom stereocenters. The summed E-state index contributed by atoms with van der Waals surface area (Å²) in [5, 5.41) is 10.1. The van der Waals surface area contributed by atoms with Crippen molar-refractivity contribution in [2.45, 2.75) is 6.10 Å². The van der Waals surface area contributed by atoms with Gasteiger partial charge in [-0.15, -0.1) is 0 Å². The highest BCUT2D eigenvalue weighted by Crippen LogP contribution is 2.23. The van der Waals surface area contributed by atoms with Gasteiger partial charge in [-0.25, -0.2) is 0 Å². The third kappa shape index (κ3) is 3.09. The standard InChI is InChI=1S/C18H17NO5/c1-23-13-6-8-14(9-7-13)24-11-12(20)10-19-17(21)15-4-2-3-5-16(15)18(19)22/h2-9,12,20H,10-11H2,1H3/t12-/m0/s1. The van der Waals surface area contributed by atoms with Gasteiger partial charge in [-0.1, -0.05) is 12.1 Å². The molecule has 0 bridgehead atoms. The number of nitrogens with zero attached hydrogens (tertiary/aromatic N) is 1. The Morgan fingerprint density at radius 3 is 2.04 bits per heavy atom. The molecule has 124 valence electrons. The first-order valence-corrected chi connectivity index (χ1v) is 7.50. The van der Waals surface area contributed by atoms with Crippen LogP contribution in [0.15, 0.2) is 48.5 Å². The Kier molecular flexibility index (Phi) is 4.48. The summed E-state index contributed by atoms with van der Waals surface area (Å²) in [4.78, 5) is 25.5. The van der Waals surface area contributed by atoms with E-state index in [9.17, 15) is 14.7 Å². The summed E-state index contributed by atoms with van der Waals surface area (Å²) in [5.74, 6) is 0.490. The van der Waals surface area contributed by atoms with Gasteiger partial charge < -0.3 is 14.6 Å². The van der Waals surface area contributed by atoms with E-state index in [1.165, 1.54) is 0 Å². The summed E-state index contributed by atoms with van der Waals surface area (Å²) in [6.45, 7) is -0.137. The van der Waals surface area contributed by atoms with Crippen molar-refractivity contribution < 1.29 is 24.2 Å². The largest absolute Gasteiger partial charge is 0.497 e. The molecule has 1 heterocycles. The molecule has 6 nitrogen and oxygen atoms in total. The minimum atomic E-state index is -0.977. The van der Waals surface area contributed by atoms with Crippen LogP contribution in [0.4, 0.5) is 0 Å². The molecular weight excluding hydrogens is 310 g/mol. The zero-order valence-electron chi connectivity index (χ0n) is 13.1. The number of rotatable bonds is 6. The number of imide groups is 1. The normalized spacial score (nSPS) is 14.5. The van der Waals surface area contributed by atoms with E-state index in [-0.39, 0.29) is 25.0 Å². The number of carbonyl (C=O) groups excluding carboxylic acids is 2. The van der Waals surface area contributed by atoms with E-state index in [2.05, 4.69) is 0 Å². The molecule has 3 rings (SSSR count). The third-order valence-corrected chi connectivity index (χ3v) is 3.77. The minimum Gasteiger partial charge on any atom is -0.497 e. The Morgan fingerprint density at radius 2 is 1.50 bits per heavy atom. The molecule has 1 N–H and O–H groups in total. The number of β-amino-alcohol motifs (C(OH)–C–C–N with tert-alkyl or cyclic N) is 1.